The monoisotopic (exact) mass is 196 g/mol. The molecule has 2 atom stereocenters. The molecule has 0 saturated carbocycles. The summed E-state index contributed by atoms with van der Waals surface area (Å²) in [6.45, 7) is 1.07. The zero-order chi connectivity index (χ0) is 9.97. The quantitative estimate of drug-likeness (QED) is 0.740. The molecule has 14 heavy (non-hydrogen) atoms. The van der Waals surface area contributed by atoms with Crippen LogP contribution >= 0.6 is 0 Å². The zero-order valence-electron chi connectivity index (χ0n) is 7.74. The minimum atomic E-state index is -0.258. The van der Waals surface area contributed by atoms with E-state index in [1.54, 1.807) is 18.2 Å². The van der Waals surface area contributed by atoms with Crippen molar-refractivity contribution in [1.82, 2.24) is 0 Å². The number of benzene rings is 1. The highest BCUT2D eigenvalue weighted by Gasteiger charge is 2.24. The second kappa shape index (κ2) is 3.94. The number of rotatable bonds is 2. The van der Waals surface area contributed by atoms with Gasteiger partial charge in [0.15, 0.2) is 0 Å². The molecule has 1 saturated heterocycles. The average molecular weight is 196 g/mol. The van der Waals surface area contributed by atoms with E-state index >= 15 is 0 Å². The molecule has 1 aromatic rings. The topological polar surface area (TPSA) is 47.3 Å². The van der Waals surface area contributed by atoms with Gasteiger partial charge in [-0.3, -0.25) is 0 Å². The van der Waals surface area contributed by atoms with Crippen LogP contribution in [-0.2, 0) is 4.74 Å². The van der Waals surface area contributed by atoms with Crippen molar-refractivity contribution in [3.8, 4) is 0 Å². The number of hydrogen-bond donors (Lipinski definition) is 2. The summed E-state index contributed by atoms with van der Waals surface area (Å²) in [7, 11) is 0. The molecule has 3 nitrogen and oxygen atoms in total. The van der Waals surface area contributed by atoms with Gasteiger partial charge in [-0.1, -0.05) is 12.1 Å². The molecule has 1 aliphatic rings. The lowest BCUT2D eigenvalue weighted by Gasteiger charge is -2.16. The van der Waals surface area contributed by atoms with Crippen LogP contribution in [0.1, 0.15) is 0 Å². The molecule has 0 aromatic heterocycles. The first-order valence-corrected chi connectivity index (χ1v) is 4.62. The normalized spacial score (nSPS) is 26.4. The Bertz CT molecular complexity index is 319. The van der Waals surface area contributed by atoms with Crippen LogP contribution in [0, 0.1) is 5.82 Å². The molecule has 0 unspecified atom stereocenters. The number of hydrogen-bond acceptors (Lipinski definition) is 3. The van der Waals surface area contributed by atoms with Crippen molar-refractivity contribution >= 4 is 5.69 Å². The lowest BCUT2D eigenvalue weighted by Crippen LogP contribution is -2.38. The van der Waals surface area contributed by atoms with Crippen LogP contribution in [0.15, 0.2) is 24.3 Å². The Morgan fingerprint density at radius 3 is 2.79 bits per heavy atom. The number of ether oxygens (including phenoxy) is 1. The van der Waals surface area contributed by atoms with Crippen LogP contribution < -0.4 is 11.1 Å². The molecule has 3 N–H and O–H groups in total. The van der Waals surface area contributed by atoms with Gasteiger partial charge in [-0.2, -0.15) is 0 Å². The van der Waals surface area contributed by atoms with E-state index < -0.39 is 0 Å². The first kappa shape index (κ1) is 9.43. The van der Waals surface area contributed by atoms with Crippen molar-refractivity contribution < 1.29 is 9.13 Å². The Kier molecular flexibility index (Phi) is 2.65. The Hall–Kier alpha value is -1.13. The lowest BCUT2D eigenvalue weighted by atomic mass is 10.1. The molecule has 1 heterocycles. The minimum absolute atomic E-state index is 0.00639. The van der Waals surface area contributed by atoms with Crippen molar-refractivity contribution in [2.75, 3.05) is 18.5 Å². The third-order valence-electron chi connectivity index (χ3n) is 2.34. The zero-order valence-corrected chi connectivity index (χ0v) is 7.74. The van der Waals surface area contributed by atoms with Gasteiger partial charge in [0.25, 0.3) is 0 Å². The molecular weight excluding hydrogens is 183 g/mol. The average Bonchev–Trinajstić information content (AvgIpc) is 2.56. The summed E-state index contributed by atoms with van der Waals surface area (Å²) >= 11 is 0. The van der Waals surface area contributed by atoms with E-state index in [0.717, 1.165) is 0 Å². The smallest absolute Gasteiger partial charge is 0.146 e. The minimum Gasteiger partial charge on any atom is -0.378 e. The fraction of sp³-hybridized carbons (Fsp3) is 0.400. The van der Waals surface area contributed by atoms with Crippen LogP contribution in [0.3, 0.4) is 0 Å². The molecule has 0 bridgehead atoms. The molecule has 0 amide bonds. The highest BCUT2D eigenvalue weighted by atomic mass is 19.1. The summed E-state index contributed by atoms with van der Waals surface area (Å²) < 4.78 is 18.4. The fourth-order valence-corrected chi connectivity index (χ4v) is 1.50. The summed E-state index contributed by atoms with van der Waals surface area (Å²) in [6, 6.07) is 6.50. The van der Waals surface area contributed by atoms with E-state index in [2.05, 4.69) is 5.32 Å². The second-order valence-electron chi connectivity index (χ2n) is 3.43. The molecule has 2 rings (SSSR count). The summed E-state index contributed by atoms with van der Waals surface area (Å²) in [5.41, 5.74) is 6.25. The Morgan fingerprint density at radius 2 is 2.14 bits per heavy atom. The second-order valence-corrected chi connectivity index (χ2v) is 3.43. The summed E-state index contributed by atoms with van der Waals surface area (Å²) in [4.78, 5) is 0. The van der Waals surface area contributed by atoms with Crippen LogP contribution in [0.4, 0.5) is 10.1 Å². The molecule has 1 aromatic carbocycles. The molecular formula is C10H13FN2O. The first-order chi connectivity index (χ1) is 6.77. The van der Waals surface area contributed by atoms with Crippen molar-refractivity contribution in [3.05, 3.63) is 30.1 Å². The predicted octanol–water partition coefficient (Wildman–Crippen LogP) is 0.964. The number of nitrogens with two attached hydrogens (primary N) is 1. The molecule has 1 aliphatic heterocycles. The predicted molar refractivity (Wildman–Crippen MR) is 52.6 cm³/mol. The summed E-state index contributed by atoms with van der Waals surface area (Å²) in [6.07, 6.45) is 0. The van der Waals surface area contributed by atoms with Gasteiger partial charge in [-0.15, -0.1) is 0 Å². The van der Waals surface area contributed by atoms with E-state index in [1.807, 2.05) is 0 Å². The standard InChI is InChI=1S/C10H13FN2O/c11-7-3-1-2-4-9(7)13-10-6-14-5-8(10)12/h1-4,8,10,13H,5-6,12H2/t8-,10+/m0/s1. The van der Waals surface area contributed by atoms with Crippen LogP contribution in [0.5, 0.6) is 0 Å². The molecule has 0 spiro atoms. The highest BCUT2D eigenvalue weighted by Crippen LogP contribution is 2.16. The number of para-hydroxylation sites is 1. The van der Waals surface area contributed by atoms with Crippen LogP contribution in [0.25, 0.3) is 0 Å². The Labute approximate surface area is 82.1 Å². The van der Waals surface area contributed by atoms with Crippen molar-refractivity contribution in [3.63, 3.8) is 0 Å². The van der Waals surface area contributed by atoms with Crippen molar-refractivity contribution in [2.45, 2.75) is 12.1 Å². The van der Waals surface area contributed by atoms with E-state index in [1.165, 1.54) is 6.07 Å². The fourth-order valence-electron chi connectivity index (χ4n) is 1.50. The van der Waals surface area contributed by atoms with Crippen LogP contribution in [-0.4, -0.2) is 25.3 Å². The third-order valence-corrected chi connectivity index (χ3v) is 2.34. The van der Waals surface area contributed by atoms with E-state index in [4.69, 9.17) is 10.5 Å². The molecule has 76 valence electrons. The lowest BCUT2D eigenvalue weighted by molar-refractivity contribution is 0.192. The largest absolute Gasteiger partial charge is 0.378 e. The highest BCUT2D eigenvalue weighted by molar-refractivity contribution is 5.45. The number of halogens is 1. The summed E-state index contributed by atoms with van der Waals surface area (Å²) in [5, 5.41) is 3.03. The van der Waals surface area contributed by atoms with E-state index in [-0.39, 0.29) is 17.9 Å². The third kappa shape index (κ3) is 1.86. The van der Waals surface area contributed by atoms with Gasteiger partial charge in [-0.25, -0.2) is 4.39 Å². The maximum atomic E-state index is 13.2. The van der Waals surface area contributed by atoms with Gasteiger partial charge in [-0.05, 0) is 12.1 Å². The van der Waals surface area contributed by atoms with Gasteiger partial charge in [0.05, 0.1) is 31.0 Å². The summed E-state index contributed by atoms with van der Waals surface area (Å²) in [5.74, 6) is -0.258. The molecule has 0 radical (unpaired) electrons. The van der Waals surface area contributed by atoms with Crippen molar-refractivity contribution in [2.24, 2.45) is 5.73 Å². The Balaban J connectivity index is 2.07. The van der Waals surface area contributed by atoms with Gasteiger partial charge in [0.2, 0.25) is 0 Å². The number of nitrogens with one attached hydrogen (secondary N) is 1. The van der Waals surface area contributed by atoms with Crippen LogP contribution in [0.2, 0.25) is 0 Å². The van der Waals surface area contributed by atoms with Gasteiger partial charge in [0, 0.05) is 0 Å². The molecule has 0 aliphatic carbocycles. The van der Waals surface area contributed by atoms with E-state index in [9.17, 15) is 4.39 Å². The first-order valence-electron chi connectivity index (χ1n) is 4.62. The van der Waals surface area contributed by atoms with Gasteiger partial charge < -0.3 is 15.8 Å². The maximum absolute atomic E-state index is 13.2. The molecule has 1 fully saturated rings. The van der Waals surface area contributed by atoms with Gasteiger partial charge >= 0.3 is 0 Å². The maximum Gasteiger partial charge on any atom is 0.146 e. The SMILES string of the molecule is N[C@H]1COC[C@H]1Nc1ccccc1F. The Morgan fingerprint density at radius 1 is 1.36 bits per heavy atom. The molecule has 4 heteroatoms. The number of anilines is 1. The van der Waals surface area contributed by atoms with E-state index in [0.29, 0.717) is 18.9 Å². The van der Waals surface area contributed by atoms with Crippen molar-refractivity contribution in [1.29, 1.82) is 0 Å². The van der Waals surface area contributed by atoms with Gasteiger partial charge in [0.1, 0.15) is 5.82 Å².